The summed E-state index contributed by atoms with van der Waals surface area (Å²) in [6.45, 7) is 3.86. The maximum absolute atomic E-state index is 12.7. The summed E-state index contributed by atoms with van der Waals surface area (Å²) < 4.78 is 26.3. The molecule has 3 rings (SSSR count). The molecule has 2 N–H and O–H groups in total. The first-order valence-electron chi connectivity index (χ1n) is 9.03. The van der Waals surface area contributed by atoms with Crippen molar-refractivity contribution in [2.24, 2.45) is 0 Å². The molecule has 0 aromatic heterocycles. The number of carbonyl (C=O) groups is 2. The first-order chi connectivity index (χ1) is 13.6. The van der Waals surface area contributed by atoms with Gasteiger partial charge in [0.25, 0.3) is 0 Å². The fourth-order valence-corrected chi connectivity index (χ4v) is 5.48. The summed E-state index contributed by atoms with van der Waals surface area (Å²) in [5.74, 6) is -0.824. The fourth-order valence-electron chi connectivity index (χ4n) is 2.91. The lowest BCUT2D eigenvalue weighted by molar-refractivity contribution is -0.116. The van der Waals surface area contributed by atoms with E-state index in [4.69, 9.17) is 0 Å². The van der Waals surface area contributed by atoms with Crippen LogP contribution in [0.2, 0.25) is 0 Å². The van der Waals surface area contributed by atoms with Crippen molar-refractivity contribution in [2.45, 2.75) is 41.7 Å². The van der Waals surface area contributed by atoms with Crippen molar-refractivity contribution in [3.8, 4) is 0 Å². The zero-order valence-electron chi connectivity index (χ0n) is 16.0. The summed E-state index contributed by atoms with van der Waals surface area (Å²) in [4.78, 5) is 25.1. The van der Waals surface area contributed by atoms with Crippen LogP contribution in [0.3, 0.4) is 0 Å². The molecule has 0 saturated heterocycles. The molecule has 29 heavy (non-hydrogen) atoms. The van der Waals surface area contributed by atoms with Crippen LogP contribution in [0.5, 0.6) is 0 Å². The van der Waals surface area contributed by atoms with Crippen molar-refractivity contribution >= 4 is 60.7 Å². The van der Waals surface area contributed by atoms with Gasteiger partial charge in [0, 0.05) is 33.1 Å². The average molecular weight is 497 g/mol. The van der Waals surface area contributed by atoms with E-state index in [0.29, 0.717) is 17.8 Å². The molecule has 6 nitrogen and oxygen atoms in total. The molecule has 0 bridgehead atoms. The minimum atomic E-state index is -3.67. The smallest absolute Gasteiger partial charge is 0.225 e. The lowest BCUT2D eigenvalue weighted by Crippen LogP contribution is -2.18. The first-order valence-corrected chi connectivity index (χ1v) is 12.4. The van der Waals surface area contributed by atoms with Crippen molar-refractivity contribution in [3.63, 3.8) is 0 Å². The second kappa shape index (κ2) is 8.89. The molecule has 0 saturated carbocycles. The Kier molecular flexibility index (Phi) is 6.70. The highest BCUT2D eigenvalue weighted by Gasteiger charge is 2.23. The maximum atomic E-state index is 12.7. The highest BCUT2D eigenvalue weighted by Crippen LogP contribution is 2.36. The molecule has 0 radical (unpaired) electrons. The normalized spacial score (nSPS) is 16.5. The Labute approximate surface area is 182 Å². The Hall–Kier alpha value is -1.84. The largest absolute Gasteiger partial charge is 0.326 e. The van der Waals surface area contributed by atoms with E-state index in [9.17, 15) is 18.0 Å². The number of nitrogens with one attached hydrogen (secondary N) is 2. The Morgan fingerprint density at radius 3 is 2.76 bits per heavy atom. The molecule has 0 spiro atoms. The SMILES string of the molecule is Cc1cc(NC(=O)CCS(=O)(=O)c2ccc3c(c2)NC(=O)C[C@H](C)S3)ccc1Br. The number of anilines is 2. The quantitative estimate of drug-likeness (QED) is 0.640. The summed E-state index contributed by atoms with van der Waals surface area (Å²) >= 11 is 4.93. The molecular weight excluding hydrogens is 476 g/mol. The molecule has 0 unspecified atom stereocenters. The number of carbonyl (C=O) groups excluding carboxylic acids is 2. The third-order valence-corrected chi connectivity index (χ3v) is 8.21. The zero-order valence-corrected chi connectivity index (χ0v) is 19.2. The van der Waals surface area contributed by atoms with Gasteiger partial charge < -0.3 is 10.6 Å². The Morgan fingerprint density at radius 1 is 1.28 bits per heavy atom. The van der Waals surface area contributed by atoms with Gasteiger partial charge in [-0.1, -0.05) is 22.9 Å². The number of thioether (sulfide) groups is 1. The van der Waals surface area contributed by atoms with E-state index in [-0.39, 0.29) is 34.1 Å². The second-order valence-electron chi connectivity index (χ2n) is 6.92. The standard InChI is InChI=1S/C20H21BrN2O4S2/c1-12-9-14(3-5-16(12)21)22-19(24)7-8-29(26,27)15-4-6-18-17(11-15)23-20(25)10-13(2)28-18/h3-6,9,11,13H,7-8,10H2,1-2H3,(H,22,24)(H,23,25)/t13-/m0/s1. The number of amides is 2. The molecule has 154 valence electrons. The molecule has 2 aromatic carbocycles. The zero-order chi connectivity index (χ0) is 21.2. The van der Waals surface area contributed by atoms with Crippen molar-refractivity contribution in [2.75, 3.05) is 16.4 Å². The van der Waals surface area contributed by atoms with E-state index in [2.05, 4.69) is 26.6 Å². The van der Waals surface area contributed by atoms with Gasteiger partial charge in [-0.25, -0.2) is 8.42 Å². The van der Waals surface area contributed by atoms with E-state index < -0.39 is 9.84 Å². The van der Waals surface area contributed by atoms with Crippen LogP contribution < -0.4 is 10.6 Å². The molecule has 2 aromatic rings. The molecule has 1 aliphatic rings. The lowest BCUT2D eigenvalue weighted by atomic mass is 10.2. The molecular formula is C20H21BrN2O4S2. The predicted molar refractivity (Wildman–Crippen MR) is 119 cm³/mol. The number of halogens is 1. The number of benzene rings is 2. The van der Waals surface area contributed by atoms with Gasteiger partial charge in [0.2, 0.25) is 11.8 Å². The Morgan fingerprint density at radius 2 is 2.03 bits per heavy atom. The van der Waals surface area contributed by atoms with Crippen LogP contribution in [0.15, 0.2) is 50.7 Å². The summed E-state index contributed by atoms with van der Waals surface area (Å²) in [7, 11) is -3.67. The van der Waals surface area contributed by atoms with Crippen LogP contribution in [0, 0.1) is 6.92 Å². The van der Waals surface area contributed by atoms with Gasteiger partial charge >= 0.3 is 0 Å². The Bertz CT molecular complexity index is 1070. The third kappa shape index (κ3) is 5.61. The van der Waals surface area contributed by atoms with Gasteiger partial charge in [0.1, 0.15) is 0 Å². The van der Waals surface area contributed by atoms with Gasteiger partial charge in [-0.2, -0.15) is 0 Å². The minimum absolute atomic E-state index is 0.0963. The number of hydrogen-bond donors (Lipinski definition) is 2. The number of sulfone groups is 1. The molecule has 1 atom stereocenters. The summed E-state index contributed by atoms with van der Waals surface area (Å²) in [5.41, 5.74) is 2.09. The second-order valence-corrected chi connectivity index (χ2v) is 11.4. The van der Waals surface area contributed by atoms with E-state index in [1.807, 2.05) is 26.0 Å². The van der Waals surface area contributed by atoms with Gasteiger partial charge in [0.05, 0.1) is 16.3 Å². The van der Waals surface area contributed by atoms with Gasteiger partial charge in [-0.05, 0) is 48.9 Å². The molecule has 0 aliphatic carbocycles. The van der Waals surface area contributed by atoms with E-state index in [1.165, 1.54) is 23.9 Å². The lowest BCUT2D eigenvalue weighted by Gasteiger charge is -2.11. The molecule has 9 heteroatoms. The summed E-state index contributed by atoms with van der Waals surface area (Å²) in [5, 5.41) is 5.60. The summed E-state index contributed by atoms with van der Waals surface area (Å²) in [6, 6.07) is 10.1. The maximum Gasteiger partial charge on any atom is 0.225 e. The van der Waals surface area contributed by atoms with Crippen molar-refractivity contribution in [1.82, 2.24) is 0 Å². The van der Waals surface area contributed by atoms with Gasteiger partial charge in [-0.3, -0.25) is 9.59 Å². The van der Waals surface area contributed by atoms with E-state index in [0.717, 1.165) is 14.9 Å². The van der Waals surface area contributed by atoms with Crippen LogP contribution in [-0.4, -0.2) is 31.2 Å². The third-order valence-electron chi connectivity index (χ3n) is 4.42. The Balaban J connectivity index is 1.68. The fraction of sp³-hybridized carbons (Fsp3) is 0.300. The van der Waals surface area contributed by atoms with Crippen LogP contribution in [0.4, 0.5) is 11.4 Å². The van der Waals surface area contributed by atoms with Crippen LogP contribution in [0.1, 0.15) is 25.3 Å². The van der Waals surface area contributed by atoms with E-state index >= 15 is 0 Å². The van der Waals surface area contributed by atoms with Crippen LogP contribution in [0.25, 0.3) is 0 Å². The molecule has 1 aliphatic heterocycles. The first kappa shape index (κ1) is 21.9. The number of rotatable bonds is 5. The highest BCUT2D eigenvalue weighted by atomic mass is 79.9. The molecule has 1 heterocycles. The molecule has 0 fully saturated rings. The minimum Gasteiger partial charge on any atom is -0.326 e. The van der Waals surface area contributed by atoms with Gasteiger partial charge in [-0.15, -0.1) is 11.8 Å². The van der Waals surface area contributed by atoms with Crippen LogP contribution in [-0.2, 0) is 19.4 Å². The van der Waals surface area contributed by atoms with Crippen molar-refractivity contribution in [1.29, 1.82) is 0 Å². The van der Waals surface area contributed by atoms with E-state index in [1.54, 1.807) is 12.1 Å². The van der Waals surface area contributed by atoms with Crippen molar-refractivity contribution in [3.05, 3.63) is 46.4 Å². The number of fused-ring (bicyclic) bond motifs is 1. The topological polar surface area (TPSA) is 92.3 Å². The van der Waals surface area contributed by atoms with Crippen LogP contribution >= 0.6 is 27.7 Å². The van der Waals surface area contributed by atoms with Gasteiger partial charge in [0.15, 0.2) is 9.84 Å². The summed E-state index contributed by atoms with van der Waals surface area (Å²) in [6.07, 6.45) is 0.212. The number of hydrogen-bond acceptors (Lipinski definition) is 5. The highest BCUT2D eigenvalue weighted by molar-refractivity contribution is 9.10. The number of aryl methyl sites for hydroxylation is 1. The van der Waals surface area contributed by atoms with Crippen molar-refractivity contribution < 1.29 is 18.0 Å². The predicted octanol–water partition coefficient (Wildman–Crippen LogP) is 4.38. The molecule has 2 amide bonds. The average Bonchev–Trinajstić information content (AvgIpc) is 2.78. The monoisotopic (exact) mass is 496 g/mol.